The molecule has 0 aliphatic carbocycles. The lowest BCUT2D eigenvalue weighted by atomic mass is 10.0. The van der Waals surface area contributed by atoms with E-state index in [4.69, 9.17) is 16.3 Å². The number of hydrogen-bond acceptors (Lipinski definition) is 7. The molecule has 0 aromatic heterocycles. The van der Waals surface area contributed by atoms with Gasteiger partial charge in [-0.15, -0.1) is 0 Å². The van der Waals surface area contributed by atoms with E-state index in [1.54, 1.807) is 0 Å². The van der Waals surface area contributed by atoms with Crippen molar-refractivity contribution in [3.63, 3.8) is 0 Å². The molecular formula is C23H24F4N6O3. The fraction of sp³-hybridized carbons (Fsp3) is 0.261. The first-order valence-corrected chi connectivity index (χ1v) is 10.6. The molecule has 2 aromatic carbocycles. The maximum Gasteiger partial charge on any atom is 0.416 e. The molecule has 0 saturated heterocycles. The van der Waals surface area contributed by atoms with Crippen molar-refractivity contribution in [2.75, 3.05) is 26.7 Å². The second-order valence-electron chi connectivity index (χ2n) is 7.76. The standard InChI is InChI=1S/C23H24F4N6O3/c1-36-15-6-7-16(17(24)10-15)21(34)30-8-9-33(29)12-18(28)22(35)32-20(19-11-31-19)13-2-4-14(5-3-13)23(25,26)27/h2-7,10,12,20H,8-9,11,28-29H2,1H3,(H,30,34)(H,32,35)/b18-12-. The third-order valence-corrected chi connectivity index (χ3v) is 5.16. The van der Waals surface area contributed by atoms with Crippen molar-refractivity contribution in [2.24, 2.45) is 16.6 Å². The number of hydrogen-bond donors (Lipinski definition) is 4. The van der Waals surface area contributed by atoms with Gasteiger partial charge in [-0.1, -0.05) is 12.1 Å². The molecular weight excluding hydrogens is 484 g/mol. The Balaban J connectivity index is 1.54. The molecule has 6 N–H and O–H groups in total. The molecule has 3 rings (SSSR count). The summed E-state index contributed by atoms with van der Waals surface area (Å²) in [6.07, 6.45) is -3.34. The van der Waals surface area contributed by atoms with Crippen molar-refractivity contribution >= 4 is 17.5 Å². The monoisotopic (exact) mass is 508 g/mol. The number of rotatable bonds is 10. The Morgan fingerprint density at radius 3 is 2.44 bits per heavy atom. The van der Waals surface area contributed by atoms with Crippen molar-refractivity contribution in [2.45, 2.75) is 12.2 Å². The number of amides is 2. The summed E-state index contributed by atoms with van der Waals surface area (Å²) in [7, 11) is 1.37. The number of hydrazine groups is 1. The van der Waals surface area contributed by atoms with Gasteiger partial charge in [-0.2, -0.15) is 13.2 Å². The van der Waals surface area contributed by atoms with Gasteiger partial charge < -0.3 is 26.1 Å². The van der Waals surface area contributed by atoms with Gasteiger partial charge in [-0.05, 0) is 29.8 Å². The normalized spacial score (nSPS) is 13.9. The zero-order chi connectivity index (χ0) is 26.5. The molecule has 0 spiro atoms. The molecule has 1 atom stereocenters. The number of carbonyl (C=O) groups is 2. The van der Waals surface area contributed by atoms with Gasteiger partial charge >= 0.3 is 6.18 Å². The lowest BCUT2D eigenvalue weighted by molar-refractivity contribution is -0.137. The third-order valence-electron chi connectivity index (χ3n) is 5.16. The Kier molecular flexibility index (Phi) is 8.14. The molecule has 1 aliphatic rings. The van der Waals surface area contributed by atoms with E-state index in [-0.39, 0.29) is 30.1 Å². The van der Waals surface area contributed by atoms with E-state index < -0.39 is 35.4 Å². The van der Waals surface area contributed by atoms with Crippen LogP contribution in [0.25, 0.3) is 0 Å². The Hall–Kier alpha value is -4.13. The van der Waals surface area contributed by atoms with Crippen molar-refractivity contribution in [1.82, 2.24) is 15.6 Å². The van der Waals surface area contributed by atoms with Gasteiger partial charge in [0, 0.05) is 18.8 Å². The van der Waals surface area contributed by atoms with Gasteiger partial charge in [-0.3, -0.25) is 14.6 Å². The number of aliphatic imine (C=N–C) groups is 1. The molecule has 1 unspecified atom stereocenters. The van der Waals surface area contributed by atoms with Gasteiger partial charge in [0.2, 0.25) is 0 Å². The average molecular weight is 508 g/mol. The summed E-state index contributed by atoms with van der Waals surface area (Å²) in [5.74, 6) is 3.94. The summed E-state index contributed by atoms with van der Waals surface area (Å²) in [6.45, 7) is 0.414. The molecule has 0 radical (unpaired) electrons. The first-order valence-electron chi connectivity index (χ1n) is 10.6. The van der Waals surface area contributed by atoms with Crippen LogP contribution in [-0.2, 0) is 11.0 Å². The fourth-order valence-electron chi connectivity index (χ4n) is 3.17. The molecule has 9 nitrogen and oxygen atoms in total. The predicted molar refractivity (Wildman–Crippen MR) is 123 cm³/mol. The minimum absolute atomic E-state index is 0.0111. The Morgan fingerprint density at radius 1 is 1.22 bits per heavy atom. The van der Waals surface area contributed by atoms with Gasteiger partial charge in [-0.25, -0.2) is 10.2 Å². The number of benzene rings is 2. The SMILES string of the molecule is COc1ccc(C(=O)NCCN(N)/C=C(\N)C(=O)NC(C2=NC2)c2ccc(C(F)(F)F)cc2)c(F)c1. The van der Waals surface area contributed by atoms with Crippen molar-refractivity contribution < 1.29 is 31.9 Å². The number of nitrogens with one attached hydrogen (secondary N) is 2. The number of nitrogens with two attached hydrogens (primary N) is 2. The minimum Gasteiger partial charge on any atom is -0.497 e. The van der Waals surface area contributed by atoms with E-state index in [0.717, 1.165) is 29.4 Å². The molecule has 0 saturated carbocycles. The number of carbonyl (C=O) groups excluding carboxylic acids is 2. The quantitative estimate of drug-likeness (QED) is 0.168. The highest BCUT2D eigenvalue weighted by atomic mass is 19.4. The lowest BCUT2D eigenvalue weighted by Crippen LogP contribution is -2.39. The van der Waals surface area contributed by atoms with Gasteiger partial charge in [0.05, 0.1) is 43.1 Å². The largest absolute Gasteiger partial charge is 0.497 e. The molecule has 192 valence electrons. The molecule has 1 heterocycles. The van der Waals surface area contributed by atoms with Gasteiger partial charge in [0.25, 0.3) is 11.8 Å². The smallest absolute Gasteiger partial charge is 0.416 e. The Bertz CT molecular complexity index is 1180. The van der Waals surface area contributed by atoms with Crippen LogP contribution in [0.2, 0.25) is 0 Å². The topological polar surface area (TPSA) is 135 Å². The fourth-order valence-corrected chi connectivity index (χ4v) is 3.17. The molecule has 2 amide bonds. The van der Waals surface area contributed by atoms with Gasteiger partial charge in [0.1, 0.15) is 17.3 Å². The zero-order valence-electron chi connectivity index (χ0n) is 19.1. The van der Waals surface area contributed by atoms with Crippen LogP contribution in [-0.4, -0.2) is 49.3 Å². The number of methoxy groups -OCH3 is 1. The summed E-state index contributed by atoms with van der Waals surface area (Å²) in [4.78, 5) is 28.7. The zero-order valence-corrected chi connectivity index (χ0v) is 19.1. The van der Waals surface area contributed by atoms with Crippen molar-refractivity contribution in [3.05, 3.63) is 76.9 Å². The van der Waals surface area contributed by atoms with Crippen LogP contribution < -0.4 is 26.9 Å². The first-order chi connectivity index (χ1) is 17.0. The highest BCUT2D eigenvalue weighted by molar-refractivity contribution is 6.05. The van der Waals surface area contributed by atoms with E-state index >= 15 is 0 Å². The van der Waals surface area contributed by atoms with E-state index in [1.807, 2.05) is 0 Å². The van der Waals surface area contributed by atoms with E-state index in [2.05, 4.69) is 15.6 Å². The van der Waals surface area contributed by atoms with Crippen molar-refractivity contribution in [3.8, 4) is 5.75 Å². The van der Waals surface area contributed by atoms with Crippen LogP contribution in [0.3, 0.4) is 0 Å². The molecule has 0 bridgehead atoms. The van der Waals surface area contributed by atoms with E-state index in [1.165, 1.54) is 31.4 Å². The minimum atomic E-state index is -4.48. The summed E-state index contributed by atoms with van der Waals surface area (Å²) in [5.41, 5.74) is 5.55. The molecule has 13 heteroatoms. The summed E-state index contributed by atoms with van der Waals surface area (Å²) in [6, 6.07) is 7.43. The Labute approximate surface area is 203 Å². The van der Waals surface area contributed by atoms with Crippen LogP contribution in [0, 0.1) is 5.82 Å². The summed E-state index contributed by atoms with van der Waals surface area (Å²) < 4.78 is 57.3. The summed E-state index contributed by atoms with van der Waals surface area (Å²) >= 11 is 0. The van der Waals surface area contributed by atoms with E-state index in [9.17, 15) is 27.2 Å². The van der Waals surface area contributed by atoms with Crippen LogP contribution in [0.15, 0.2) is 59.4 Å². The first kappa shape index (κ1) is 26.5. The number of nitrogens with zero attached hydrogens (tertiary/aromatic N) is 2. The van der Waals surface area contributed by atoms with Crippen LogP contribution in [0.4, 0.5) is 17.6 Å². The number of halogens is 4. The average Bonchev–Trinajstić information content (AvgIpc) is 3.67. The molecule has 2 aromatic rings. The maximum atomic E-state index is 14.0. The molecule has 36 heavy (non-hydrogen) atoms. The van der Waals surface area contributed by atoms with Crippen molar-refractivity contribution in [1.29, 1.82) is 0 Å². The van der Waals surface area contributed by atoms with Gasteiger partial charge in [0.15, 0.2) is 0 Å². The highest BCUT2D eigenvalue weighted by Gasteiger charge is 2.32. The van der Waals surface area contributed by atoms with Crippen LogP contribution in [0.5, 0.6) is 5.75 Å². The number of alkyl halides is 3. The third kappa shape index (κ3) is 6.95. The Morgan fingerprint density at radius 2 is 1.89 bits per heavy atom. The maximum absolute atomic E-state index is 14.0. The van der Waals surface area contributed by atoms with E-state index in [0.29, 0.717) is 17.8 Å². The second-order valence-corrected chi connectivity index (χ2v) is 7.76. The lowest BCUT2D eigenvalue weighted by Gasteiger charge is -2.18. The van der Waals surface area contributed by atoms with Crippen LogP contribution >= 0.6 is 0 Å². The highest BCUT2D eigenvalue weighted by Crippen LogP contribution is 2.30. The summed E-state index contributed by atoms with van der Waals surface area (Å²) in [5, 5.41) is 6.17. The molecule has 0 fully saturated rings. The van der Waals surface area contributed by atoms with Crippen LogP contribution in [0.1, 0.15) is 27.5 Å². The predicted octanol–water partition coefficient (Wildman–Crippen LogP) is 1.87. The number of ether oxygens (including phenoxy) is 1. The second kappa shape index (κ2) is 11.1. The molecule has 1 aliphatic heterocycles.